The van der Waals surface area contributed by atoms with Crippen LogP contribution in [0.2, 0.25) is 5.02 Å². The molecule has 0 aromatic heterocycles. The third kappa shape index (κ3) is 4.40. The second kappa shape index (κ2) is 6.77. The van der Waals surface area contributed by atoms with E-state index in [-0.39, 0.29) is 6.03 Å². The number of urea groups is 1. The Balaban J connectivity index is 1.91. The Kier molecular flexibility index (Phi) is 5.04. The lowest BCUT2D eigenvalue weighted by molar-refractivity contribution is 0.251. The zero-order valence-electron chi connectivity index (χ0n) is 9.99. The number of amides is 2. The molecule has 0 aliphatic heterocycles. The number of rotatable bonds is 3. The summed E-state index contributed by atoms with van der Waals surface area (Å²) in [5.74, 6) is 0. The standard InChI is InChI=1S/C14H12ClIN2O/c15-12-8-11(16)6-7-13(12)18-14(19)17-9-10-4-2-1-3-5-10/h1-8H,9H2,(H2,17,18,19). The van der Waals surface area contributed by atoms with Crippen LogP contribution in [0.1, 0.15) is 5.56 Å². The van der Waals surface area contributed by atoms with E-state index in [4.69, 9.17) is 11.6 Å². The van der Waals surface area contributed by atoms with Gasteiger partial charge in [0.25, 0.3) is 0 Å². The van der Waals surface area contributed by atoms with Crippen molar-refractivity contribution in [2.24, 2.45) is 0 Å². The first kappa shape index (κ1) is 14.1. The molecular formula is C14H12ClIN2O. The minimum absolute atomic E-state index is 0.271. The van der Waals surface area contributed by atoms with E-state index in [1.807, 2.05) is 36.4 Å². The number of halogens is 2. The molecule has 5 heteroatoms. The first-order valence-electron chi connectivity index (χ1n) is 5.69. The Morgan fingerprint density at radius 1 is 1.16 bits per heavy atom. The summed E-state index contributed by atoms with van der Waals surface area (Å²) in [5.41, 5.74) is 1.65. The van der Waals surface area contributed by atoms with Crippen molar-refractivity contribution in [3.05, 3.63) is 62.7 Å². The topological polar surface area (TPSA) is 41.1 Å². The van der Waals surface area contributed by atoms with Gasteiger partial charge in [-0.1, -0.05) is 41.9 Å². The molecule has 2 amide bonds. The Labute approximate surface area is 130 Å². The first-order chi connectivity index (χ1) is 9.15. The highest BCUT2D eigenvalue weighted by Crippen LogP contribution is 2.23. The van der Waals surface area contributed by atoms with Crippen LogP contribution in [0.5, 0.6) is 0 Å². The number of hydrogen-bond donors (Lipinski definition) is 2. The molecule has 2 N–H and O–H groups in total. The van der Waals surface area contributed by atoms with Gasteiger partial charge in [0.05, 0.1) is 10.7 Å². The van der Waals surface area contributed by atoms with Crippen molar-refractivity contribution < 1.29 is 4.79 Å². The predicted octanol–water partition coefficient (Wildman–Crippen LogP) is 4.27. The maximum atomic E-state index is 11.7. The molecule has 3 nitrogen and oxygen atoms in total. The molecule has 0 saturated carbocycles. The fourth-order valence-electron chi connectivity index (χ4n) is 1.54. The van der Waals surface area contributed by atoms with Gasteiger partial charge in [-0.05, 0) is 46.4 Å². The van der Waals surface area contributed by atoms with E-state index in [0.29, 0.717) is 17.3 Å². The Bertz CT molecular complexity index is 575. The lowest BCUT2D eigenvalue weighted by Crippen LogP contribution is -2.28. The monoisotopic (exact) mass is 386 g/mol. The van der Waals surface area contributed by atoms with Gasteiger partial charge in [-0.3, -0.25) is 0 Å². The van der Waals surface area contributed by atoms with Crippen LogP contribution in [0.4, 0.5) is 10.5 Å². The highest BCUT2D eigenvalue weighted by Gasteiger charge is 2.05. The minimum Gasteiger partial charge on any atom is -0.334 e. The average Bonchev–Trinajstić information content (AvgIpc) is 2.41. The molecule has 98 valence electrons. The number of carbonyl (C=O) groups is 1. The molecule has 0 radical (unpaired) electrons. The summed E-state index contributed by atoms with van der Waals surface area (Å²) in [5, 5.41) is 6.03. The third-order valence-corrected chi connectivity index (χ3v) is 3.46. The van der Waals surface area contributed by atoms with Gasteiger partial charge in [-0.2, -0.15) is 0 Å². The SMILES string of the molecule is O=C(NCc1ccccc1)Nc1ccc(I)cc1Cl. The van der Waals surface area contributed by atoms with Gasteiger partial charge < -0.3 is 10.6 Å². The molecule has 0 aliphatic carbocycles. The summed E-state index contributed by atoms with van der Waals surface area (Å²) in [7, 11) is 0. The molecule has 2 aromatic rings. The van der Waals surface area contributed by atoms with E-state index < -0.39 is 0 Å². The van der Waals surface area contributed by atoms with Crippen molar-refractivity contribution in [1.82, 2.24) is 5.32 Å². The van der Waals surface area contributed by atoms with Crippen LogP contribution in [0.25, 0.3) is 0 Å². The zero-order valence-corrected chi connectivity index (χ0v) is 12.9. The van der Waals surface area contributed by atoms with Crippen LogP contribution in [-0.2, 0) is 6.54 Å². The van der Waals surface area contributed by atoms with Crippen molar-refractivity contribution in [3.8, 4) is 0 Å². The van der Waals surface area contributed by atoms with E-state index in [1.54, 1.807) is 12.1 Å². The summed E-state index contributed by atoms with van der Waals surface area (Å²) in [4.78, 5) is 11.7. The quantitative estimate of drug-likeness (QED) is 0.760. The highest BCUT2D eigenvalue weighted by atomic mass is 127. The Hall–Kier alpha value is -1.27. The highest BCUT2D eigenvalue weighted by molar-refractivity contribution is 14.1. The molecule has 0 fully saturated rings. The number of hydrogen-bond acceptors (Lipinski definition) is 1. The molecule has 2 aromatic carbocycles. The maximum absolute atomic E-state index is 11.7. The van der Waals surface area contributed by atoms with Crippen molar-refractivity contribution in [1.29, 1.82) is 0 Å². The van der Waals surface area contributed by atoms with Crippen molar-refractivity contribution in [2.75, 3.05) is 5.32 Å². The van der Waals surface area contributed by atoms with Crippen LogP contribution >= 0.6 is 34.2 Å². The average molecular weight is 387 g/mol. The molecular weight excluding hydrogens is 375 g/mol. The van der Waals surface area contributed by atoms with Crippen LogP contribution < -0.4 is 10.6 Å². The van der Waals surface area contributed by atoms with E-state index in [9.17, 15) is 4.79 Å². The molecule has 0 bridgehead atoms. The molecule has 2 rings (SSSR count). The summed E-state index contributed by atoms with van der Waals surface area (Å²) in [6, 6.07) is 14.9. The smallest absolute Gasteiger partial charge is 0.319 e. The maximum Gasteiger partial charge on any atom is 0.319 e. The van der Waals surface area contributed by atoms with Crippen LogP contribution in [0.3, 0.4) is 0 Å². The molecule has 0 atom stereocenters. The Morgan fingerprint density at radius 2 is 1.89 bits per heavy atom. The molecule has 0 spiro atoms. The molecule has 19 heavy (non-hydrogen) atoms. The summed E-state index contributed by atoms with van der Waals surface area (Å²) < 4.78 is 1.03. The fraction of sp³-hybridized carbons (Fsp3) is 0.0714. The normalized spacial score (nSPS) is 10.0. The third-order valence-electron chi connectivity index (χ3n) is 2.48. The van der Waals surface area contributed by atoms with Crippen molar-refractivity contribution in [3.63, 3.8) is 0 Å². The van der Waals surface area contributed by atoms with Gasteiger partial charge in [0.1, 0.15) is 0 Å². The van der Waals surface area contributed by atoms with Gasteiger partial charge in [-0.15, -0.1) is 0 Å². The van der Waals surface area contributed by atoms with Gasteiger partial charge in [0, 0.05) is 10.1 Å². The minimum atomic E-state index is -0.271. The second-order valence-electron chi connectivity index (χ2n) is 3.92. The van der Waals surface area contributed by atoms with Crippen molar-refractivity contribution in [2.45, 2.75) is 6.54 Å². The zero-order chi connectivity index (χ0) is 13.7. The summed E-state index contributed by atoms with van der Waals surface area (Å²) in [6.07, 6.45) is 0. The second-order valence-corrected chi connectivity index (χ2v) is 5.57. The van der Waals surface area contributed by atoms with Crippen LogP contribution in [0.15, 0.2) is 48.5 Å². The number of carbonyl (C=O) groups excluding carboxylic acids is 1. The van der Waals surface area contributed by atoms with Gasteiger partial charge in [0.2, 0.25) is 0 Å². The van der Waals surface area contributed by atoms with E-state index in [2.05, 4.69) is 33.2 Å². The van der Waals surface area contributed by atoms with Crippen molar-refractivity contribution >= 4 is 45.9 Å². The molecule has 0 heterocycles. The summed E-state index contributed by atoms with van der Waals surface area (Å²) in [6.45, 7) is 0.481. The lowest BCUT2D eigenvalue weighted by atomic mass is 10.2. The van der Waals surface area contributed by atoms with E-state index in [0.717, 1.165) is 9.13 Å². The van der Waals surface area contributed by atoms with Gasteiger partial charge in [0.15, 0.2) is 0 Å². The first-order valence-corrected chi connectivity index (χ1v) is 7.14. The largest absolute Gasteiger partial charge is 0.334 e. The molecule has 0 aliphatic rings. The van der Waals surface area contributed by atoms with Gasteiger partial charge >= 0.3 is 6.03 Å². The van der Waals surface area contributed by atoms with Gasteiger partial charge in [-0.25, -0.2) is 4.79 Å². The van der Waals surface area contributed by atoms with E-state index in [1.165, 1.54) is 0 Å². The lowest BCUT2D eigenvalue weighted by Gasteiger charge is -2.09. The number of nitrogens with one attached hydrogen (secondary N) is 2. The van der Waals surface area contributed by atoms with Crippen LogP contribution in [0, 0.1) is 3.57 Å². The number of anilines is 1. The molecule has 0 unspecified atom stereocenters. The number of benzene rings is 2. The fourth-order valence-corrected chi connectivity index (χ4v) is 2.44. The molecule has 0 saturated heterocycles. The Morgan fingerprint density at radius 3 is 2.58 bits per heavy atom. The predicted molar refractivity (Wildman–Crippen MR) is 86.5 cm³/mol. The van der Waals surface area contributed by atoms with E-state index >= 15 is 0 Å². The summed E-state index contributed by atoms with van der Waals surface area (Å²) >= 11 is 8.21. The van der Waals surface area contributed by atoms with Crippen LogP contribution in [-0.4, -0.2) is 6.03 Å².